The van der Waals surface area contributed by atoms with Gasteiger partial charge in [-0.3, -0.25) is 14.9 Å². The van der Waals surface area contributed by atoms with E-state index in [0.29, 0.717) is 16.5 Å². The Bertz CT molecular complexity index is 1040. The van der Waals surface area contributed by atoms with Crippen LogP contribution in [-0.4, -0.2) is 30.5 Å². The van der Waals surface area contributed by atoms with Crippen molar-refractivity contribution in [3.63, 3.8) is 0 Å². The maximum absolute atomic E-state index is 12.4. The van der Waals surface area contributed by atoms with Crippen LogP contribution >= 0.6 is 0 Å². The van der Waals surface area contributed by atoms with Gasteiger partial charge < -0.3 is 19.2 Å². The molecule has 0 saturated carbocycles. The van der Waals surface area contributed by atoms with Gasteiger partial charge in [0.25, 0.3) is 11.6 Å². The molecule has 0 fully saturated rings. The van der Waals surface area contributed by atoms with Gasteiger partial charge in [0, 0.05) is 24.1 Å². The molecule has 3 aromatic rings. The Kier molecular flexibility index (Phi) is 5.66. The first-order valence-electron chi connectivity index (χ1n) is 8.21. The lowest BCUT2D eigenvalue weighted by molar-refractivity contribution is -0.383. The van der Waals surface area contributed by atoms with Crippen LogP contribution in [0.2, 0.25) is 0 Å². The molecular formula is C19H16N2O7. The van der Waals surface area contributed by atoms with E-state index in [0.717, 1.165) is 0 Å². The lowest BCUT2D eigenvalue weighted by Gasteiger charge is -2.07. The first kappa shape index (κ1) is 19.1. The van der Waals surface area contributed by atoms with Gasteiger partial charge in [0.05, 0.1) is 11.5 Å². The minimum absolute atomic E-state index is 0.0114. The number of carbonyl (C=O) groups excluding carboxylic acids is 2. The van der Waals surface area contributed by atoms with Gasteiger partial charge in [0.1, 0.15) is 11.3 Å². The molecule has 0 radical (unpaired) electrons. The van der Waals surface area contributed by atoms with Gasteiger partial charge in [-0.25, -0.2) is 4.79 Å². The minimum Gasteiger partial charge on any atom is -0.450 e. The SMILES string of the molecule is COCc1c(C(=O)OCC(=O)Nc2ccccc2[N+](=O)[O-])oc2ccccc12. The first-order chi connectivity index (χ1) is 13.5. The molecular weight excluding hydrogens is 368 g/mol. The molecule has 144 valence electrons. The molecule has 1 amide bonds. The molecule has 0 aliphatic rings. The lowest BCUT2D eigenvalue weighted by atomic mass is 10.1. The number of esters is 1. The van der Waals surface area contributed by atoms with Gasteiger partial charge >= 0.3 is 5.97 Å². The van der Waals surface area contributed by atoms with Gasteiger partial charge in [-0.2, -0.15) is 0 Å². The molecule has 2 aromatic carbocycles. The zero-order chi connectivity index (χ0) is 20.1. The van der Waals surface area contributed by atoms with Crippen LogP contribution in [0, 0.1) is 10.1 Å². The van der Waals surface area contributed by atoms with Gasteiger partial charge in [0.15, 0.2) is 6.61 Å². The number of nitro groups is 1. The van der Waals surface area contributed by atoms with E-state index in [2.05, 4.69) is 5.32 Å². The highest BCUT2D eigenvalue weighted by atomic mass is 16.6. The van der Waals surface area contributed by atoms with Crippen molar-refractivity contribution in [3.05, 3.63) is 70.0 Å². The number of para-hydroxylation sites is 3. The number of hydrogen-bond acceptors (Lipinski definition) is 7. The number of fused-ring (bicyclic) bond motifs is 1. The fraction of sp³-hybridized carbons (Fsp3) is 0.158. The highest BCUT2D eigenvalue weighted by Crippen LogP contribution is 2.27. The Balaban J connectivity index is 1.71. The summed E-state index contributed by atoms with van der Waals surface area (Å²) in [6.45, 7) is -0.502. The zero-order valence-corrected chi connectivity index (χ0v) is 14.8. The predicted octanol–water partition coefficient (Wildman–Crippen LogP) is 3.28. The third kappa shape index (κ3) is 3.99. The molecule has 0 aliphatic heterocycles. The Labute approximate surface area is 159 Å². The Hall–Kier alpha value is -3.72. The number of nitrogens with one attached hydrogen (secondary N) is 1. The van der Waals surface area contributed by atoms with E-state index in [1.165, 1.54) is 25.3 Å². The van der Waals surface area contributed by atoms with E-state index in [1.807, 2.05) is 0 Å². The third-order valence-corrected chi connectivity index (χ3v) is 3.88. The van der Waals surface area contributed by atoms with Crippen molar-refractivity contribution in [1.29, 1.82) is 0 Å². The molecule has 0 bridgehead atoms. The van der Waals surface area contributed by atoms with Gasteiger partial charge in [-0.05, 0) is 12.1 Å². The topological polar surface area (TPSA) is 121 Å². The second kappa shape index (κ2) is 8.31. The van der Waals surface area contributed by atoms with Gasteiger partial charge in [0.2, 0.25) is 5.76 Å². The van der Waals surface area contributed by atoms with Crippen molar-refractivity contribution < 1.29 is 28.4 Å². The summed E-state index contributed by atoms with van der Waals surface area (Å²) in [5.41, 5.74) is 0.757. The maximum Gasteiger partial charge on any atom is 0.375 e. The molecule has 0 spiro atoms. The summed E-state index contributed by atoms with van der Waals surface area (Å²) in [5.74, 6) is -1.60. The van der Waals surface area contributed by atoms with E-state index >= 15 is 0 Å². The second-order valence-electron chi connectivity index (χ2n) is 5.74. The summed E-state index contributed by atoms with van der Waals surface area (Å²) in [6, 6.07) is 12.7. The van der Waals surface area contributed by atoms with E-state index in [1.54, 1.807) is 30.3 Å². The molecule has 1 aromatic heterocycles. The van der Waals surface area contributed by atoms with Crippen LogP contribution in [0.15, 0.2) is 52.9 Å². The van der Waals surface area contributed by atoms with Crippen LogP contribution in [0.25, 0.3) is 11.0 Å². The number of carbonyl (C=O) groups is 2. The normalized spacial score (nSPS) is 10.6. The minimum atomic E-state index is -0.832. The summed E-state index contributed by atoms with van der Waals surface area (Å²) in [5, 5.41) is 14.0. The fourth-order valence-electron chi connectivity index (χ4n) is 2.67. The van der Waals surface area contributed by atoms with E-state index in [9.17, 15) is 19.7 Å². The largest absolute Gasteiger partial charge is 0.450 e. The molecule has 0 aliphatic carbocycles. The van der Waals surface area contributed by atoms with Crippen LogP contribution in [0.5, 0.6) is 0 Å². The van der Waals surface area contributed by atoms with Crippen molar-refractivity contribution in [1.82, 2.24) is 0 Å². The maximum atomic E-state index is 12.4. The number of rotatable bonds is 7. The highest BCUT2D eigenvalue weighted by molar-refractivity contribution is 5.99. The van der Waals surface area contributed by atoms with E-state index in [-0.39, 0.29) is 23.7 Å². The zero-order valence-electron chi connectivity index (χ0n) is 14.8. The number of anilines is 1. The van der Waals surface area contributed by atoms with Crippen LogP contribution in [0.1, 0.15) is 16.1 Å². The molecule has 0 saturated heterocycles. The van der Waals surface area contributed by atoms with Crippen molar-refractivity contribution in [2.24, 2.45) is 0 Å². The standard InChI is InChI=1S/C19H16N2O7/c1-26-10-13-12-6-2-5-9-16(12)28-18(13)19(23)27-11-17(22)20-14-7-3-4-8-15(14)21(24)25/h2-9H,10-11H2,1H3,(H,20,22). The molecule has 0 unspecified atom stereocenters. The number of nitro benzene ring substituents is 1. The van der Waals surface area contributed by atoms with Crippen molar-refractivity contribution >= 4 is 34.2 Å². The molecule has 1 N–H and O–H groups in total. The lowest BCUT2D eigenvalue weighted by Crippen LogP contribution is -2.21. The van der Waals surface area contributed by atoms with Crippen LogP contribution in [0.4, 0.5) is 11.4 Å². The van der Waals surface area contributed by atoms with Crippen LogP contribution < -0.4 is 5.32 Å². The van der Waals surface area contributed by atoms with Crippen LogP contribution in [-0.2, 0) is 20.9 Å². The number of amides is 1. The van der Waals surface area contributed by atoms with E-state index in [4.69, 9.17) is 13.9 Å². The number of nitrogens with zero attached hydrogens (tertiary/aromatic N) is 1. The van der Waals surface area contributed by atoms with E-state index < -0.39 is 23.4 Å². The first-order valence-corrected chi connectivity index (χ1v) is 8.21. The summed E-state index contributed by atoms with van der Waals surface area (Å²) in [6.07, 6.45) is 0. The molecule has 28 heavy (non-hydrogen) atoms. The number of ether oxygens (including phenoxy) is 2. The molecule has 9 nitrogen and oxygen atoms in total. The molecule has 3 rings (SSSR count). The van der Waals surface area contributed by atoms with Gasteiger partial charge in [-0.15, -0.1) is 0 Å². The smallest absolute Gasteiger partial charge is 0.375 e. The monoisotopic (exact) mass is 384 g/mol. The van der Waals surface area contributed by atoms with Crippen LogP contribution in [0.3, 0.4) is 0 Å². The van der Waals surface area contributed by atoms with Gasteiger partial charge in [-0.1, -0.05) is 30.3 Å². The predicted molar refractivity (Wildman–Crippen MR) is 98.9 cm³/mol. The average molecular weight is 384 g/mol. The summed E-state index contributed by atoms with van der Waals surface area (Å²) in [4.78, 5) is 34.8. The number of furan rings is 1. The summed E-state index contributed by atoms with van der Waals surface area (Å²) >= 11 is 0. The quantitative estimate of drug-likeness (QED) is 0.377. The molecule has 1 heterocycles. The average Bonchev–Trinajstić information content (AvgIpc) is 3.05. The Morgan fingerprint density at radius 3 is 2.61 bits per heavy atom. The number of benzene rings is 2. The fourth-order valence-corrected chi connectivity index (χ4v) is 2.67. The molecule has 9 heteroatoms. The highest BCUT2D eigenvalue weighted by Gasteiger charge is 2.23. The van der Waals surface area contributed by atoms with Crippen molar-refractivity contribution in [2.45, 2.75) is 6.61 Å². The number of hydrogen-bond donors (Lipinski definition) is 1. The Morgan fingerprint density at radius 1 is 1.14 bits per heavy atom. The summed E-state index contributed by atoms with van der Waals surface area (Å²) < 4.78 is 15.7. The van der Waals surface area contributed by atoms with Crippen molar-refractivity contribution in [3.8, 4) is 0 Å². The summed E-state index contributed by atoms with van der Waals surface area (Å²) in [7, 11) is 1.48. The van der Waals surface area contributed by atoms with Crippen molar-refractivity contribution in [2.75, 3.05) is 19.0 Å². The number of methoxy groups -OCH3 is 1. The Morgan fingerprint density at radius 2 is 1.86 bits per heavy atom. The second-order valence-corrected chi connectivity index (χ2v) is 5.74. The molecule has 0 atom stereocenters. The third-order valence-electron chi connectivity index (χ3n) is 3.88.